The lowest BCUT2D eigenvalue weighted by Crippen LogP contribution is -2.42. The number of hydrogen-bond donors (Lipinski definition) is 2. The Morgan fingerprint density at radius 2 is 1.83 bits per heavy atom. The average molecular weight is 591 g/mol. The van der Waals surface area contributed by atoms with E-state index in [1.807, 2.05) is 18.7 Å². The van der Waals surface area contributed by atoms with E-state index in [2.05, 4.69) is 15.2 Å². The fourth-order valence-electron chi connectivity index (χ4n) is 6.49. The van der Waals surface area contributed by atoms with Crippen LogP contribution in [0.25, 0.3) is 11.6 Å². The monoisotopic (exact) mass is 590 g/mol. The van der Waals surface area contributed by atoms with Crippen molar-refractivity contribution in [1.82, 2.24) is 14.8 Å². The molecule has 4 heterocycles. The second-order valence-electron chi connectivity index (χ2n) is 11.5. The van der Waals surface area contributed by atoms with E-state index in [-0.39, 0.29) is 28.3 Å². The summed E-state index contributed by atoms with van der Waals surface area (Å²) in [5.74, 6) is -1.43. The summed E-state index contributed by atoms with van der Waals surface area (Å²) in [5, 5.41) is 2.80. The summed E-state index contributed by atoms with van der Waals surface area (Å²) >= 11 is 0. The first kappa shape index (κ1) is 28.4. The van der Waals surface area contributed by atoms with Crippen LogP contribution in [-0.2, 0) is 20.4 Å². The standard InChI is InChI=1S/C32H35FN4O4S/c1-20-29(34-21(2)30(20)32(39)37-15-7-9-23(37)18-36-13-5-6-14-36)17-26-25-16-24(11-12-28(25)35-31(26)38)42(40,41)19-22-8-3-4-10-27(22)33/h3-4,8,10-12,16-17,23,34H,5-7,9,13-15,18-19H2,1-2H3,(H,35,38)/b26-17-/t23-/m1/s1. The Morgan fingerprint density at radius 3 is 2.60 bits per heavy atom. The van der Waals surface area contributed by atoms with E-state index >= 15 is 0 Å². The second-order valence-corrected chi connectivity index (χ2v) is 13.5. The van der Waals surface area contributed by atoms with Crippen LogP contribution in [0, 0.1) is 19.7 Å². The van der Waals surface area contributed by atoms with E-state index in [0.717, 1.165) is 50.3 Å². The van der Waals surface area contributed by atoms with Crippen LogP contribution in [0.4, 0.5) is 10.1 Å². The number of nitrogens with zero attached hydrogens (tertiary/aromatic N) is 2. The maximum absolute atomic E-state index is 14.2. The van der Waals surface area contributed by atoms with Gasteiger partial charge in [0, 0.05) is 47.3 Å². The molecule has 3 aromatic rings. The number of likely N-dealkylation sites (tertiary alicyclic amines) is 2. The highest BCUT2D eigenvalue weighted by atomic mass is 32.2. The number of hydrogen-bond acceptors (Lipinski definition) is 5. The SMILES string of the molecule is Cc1[nH]c(/C=C2\C(=O)Nc3ccc(S(=O)(=O)Cc4ccccc4F)cc32)c(C)c1C(=O)N1CCC[C@@H]1CN1CCCC1. The molecule has 0 radical (unpaired) electrons. The first-order valence-corrected chi connectivity index (χ1v) is 16.1. The lowest BCUT2D eigenvalue weighted by atomic mass is 10.0. The number of sulfone groups is 1. The number of amides is 2. The molecule has 6 rings (SSSR count). The molecule has 8 nitrogen and oxygen atoms in total. The van der Waals surface area contributed by atoms with Crippen LogP contribution in [0.2, 0.25) is 0 Å². The van der Waals surface area contributed by atoms with Crippen molar-refractivity contribution in [3.8, 4) is 0 Å². The molecule has 0 unspecified atom stereocenters. The summed E-state index contributed by atoms with van der Waals surface area (Å²) in [6.45, 7) is 7.56. The van der Waals surface area contributed by atoms with Crippen LogP contribution >= 0.6 is 0 Å². The molecule has 0 spiro atoms. The fraction of sp³-hybridized carbons (Fsp3) is 0.375. The van der Waals surface area contributed by atoms with Crippen molar-refractivity contribution in [3.63, 3.8) is 0 Å². The van der Waals surface area contributed by atoms with Gasteiger partial charge in [-0.15, -0.1) is 0 Å². The van der Waals surface area contributed by atoms with Gasteiger partial charge in [0.15, 0.2) is 9.84 Å². The van der Waals surface area contributed by atoms with Gasteiger partial charge in [0.1, 0.15) is 5.82 Å². The van der Waals surface area contributed by atoms with Gasteiger partial charge in [0.25, 0.3) is 11.8 Å². The number of carbonyl (C=O) groups excluding carboxylic acids is 2. The summed E-state index contributed by atoms with van der Waals surface area (Å²) < 4.78 is 40.6. The van der Waals surface area contributed by atoms with Gasteiger partial charge in [-0.1, -0.05) is 18.2 Å². The lowest BCUT2D eigenvalue weighted by molar-refractivity contribution is -0.110. The maximum atomic E-state index is 14.2. The first-order valence-electron chi connectivity index (χ1n) is 14.5. The zero-order valence-corrected chi connectivity index (χ0v) is 24.7. The van der Waals surface area contributed by atoms with Crippen molar-refractivity contribution in [3.05, 3.63) is 81.9 Å². The maximum Gasteiger partial charge on any atom is 0.256 e. The van der Waals surface area contributed by atoms with Gasteiger partial charge in [-0.25, -0.2) is 12.8 Å². The van der Waals surface area contributed by atoms with Gasteiger partial charge in [-0.2, -0.15) is 0 Å². The first-order chi connectivity index (χ1) is 20.1. The Morgan fingerprint density at radius 1 is 1.07 bits per heavy atom. The number of fused-ring (bicyclic) bond motifs is 1. The molecule has 0 aliphatic carbocycles. The van der Waals surface area contributed by atoms with Crippen molar-refractivity contribution in [1.29, 1.82) is 0 Å². The minimum absolute atomic E-state index is 0.000218. The van der Waals surface area contributed by atoms with E-state index in [1.165, 1.54) is 43.2 Å². The van der Waals surface area contributed by atoms with E-state index in [0.29, 0.717) is 28.1 Å². The number of aromatic nitrogens is 1. The molecule has 3 aliphatic heterocycles. The number of H-pyrrole nitrogens is 1. The molecule has 2 amide bonds. The van der Waals surface area contributed by atoms with Crippen LogP contribution in [0.3, 0.4) is 0 Å². The number of nitrogens with one attached hydrogen (secondary N) is 2. The summed E-state index contributed by atoms with van der Waals surface area (Å²) in [7, 11) is -3.88. The van der Waals surface area contributed by atoms with Gasteiger partial charge >= 0.3 is 0 Å². The Hall–Kier alpha value is -3.76. The predicted molar refractivity (Wildman–Crippen MR) is 160 cm³/mol. The quantitative estimate of drug-likeness (QED) is 0.380. The molecule has 2 fully saturated rings. The topological polar surface area (TPSA) is 103 Å². The van der Waals surface area contributed by atoms with E-state index < -0.39 is 21.4 Å². The van der Waals surface area contributed by atoms with Crippen molar-refractivity contribution >= 4 is 39.0 Å². The highest BCUT2D eigenvalue weighted by Crippen LogP contribution is 2.36. The van der Waals surface area contributed by atoms with E-state index in [1.54, 1.807) is 18.2 Å². The largest absolute Gasteiger partial charge is 0.358 e. The van der Waals surface area contributed by atoms with Gasteiger partial charge in [0.2, 0.25) is 0 Å². The summed E-state index contributed by atoms with van der Waals surface area (Å²) in [6.07, 6.45) is 6.09. The van der Waals surface area contributed by atoms with Crippen LogP contribution in [0.5, 0.6) is 0 Å². The van der Waals surface area contributed by atoms with Crippen molar-refractivity contribution in [2.45, 2.75) is 56.2 Å². The number of benzene rings is 2. The Labute approximate surface area is 245 Å². The minimum Gasteiger partial charge on any atom is -0.358 e. The molecule has 42 heavy (non-hydrogen) atoms. The molecule has 1 aromatic heterocycles. The summed E-state index contributed by atoms with van der Waals surface area (Å²) in [5.41, 5.74) is 4.05. The summed E-state index contributed by atoms with van der Waals surface area (Å²) in [4.78, 5) is 34.6. The second kappa shape index (κ2) is 11.1. The highest BCUT2D eigenvalue weighted by Gasteiger charge is 2.34. The molecule has 3 aliphatic rings. The number of aromatic amines is 1. The predicted octanol–water partition coefficient (Wildman–Crippen LogP) is 4.94. The van der Waals surface area contributed by atoms with Gasteiger partial charge in [-0.3, -0.25) is 9.59 Å². The Kier molecular flexibility index (Phi) is 7.53. The molecular formula is C32H35FN4O4S. The third-order valence-electron chi connectivity index (χ3n) is 8.72. The third-order valence-corrected chi connectivity index (χ3v) is 10.4. The Balaban J connectivity index is 1.29. The van der Waals surface area contributed by atoms with E-state index in [9.17, 15) is 22.4 Å². The number of carbonyl (C=O) groups is 2. The van der Waals surface area contributed by atoms with Crippen molar-refractivity contribution < 1.29 is 22.4 Å². The molecule has 1 atom stereocenters. The minimum atomic E-state index is -3.88. The normalized spacial score (nSPS) is 20.0. The number of rotatable bonds is 7. The molecule has 2 aromatic carbocycles. The lowest BCUT2D eigenvalue weighted by Gasteiger charge is -2.28. The van der Waals surface area contributed by atoms with Gasteiger partial charge < -0.3 is 20.1 Å². The average Bonchev–Trinajstić information content (AvgIpc) is 3.74. The smallest absolute Gasteiger partial charge is 0.256 e. The fourth-order valence-corrected chi connectivity index (χ4v) is 7.87. The van der Waals surface area contributed by atoms with Crippen molar-refractivity contribution in [2.75, 3.05) is 31.5 Å². The van der Waals surface area contributed by atoms with Crippen LogP contribution in [0.15, 0.2) is 47.4 Å². The highest BCUT2D eigenvalue weighted by molar-refractivity contribution is 7.90. The zero-order valence-electron chi connectivity index (χ0n) is 23.9. The molecule has 2 saturated heterocycles. The zero-order chi connectivity index (χ0) is 29.6. The molecular weight excluding hydrogens is 555 g/mol. The van der Waals surface area contributed by atoms with E-state index in [4.69, 9.17) is 0 Å². The summed E-state index contributed by atoms with van der Waals surface area (Å²) in [6, 6.07) is 10.4. The van der Waals surface area contributed by atoms with Crippen LogP contribution in [0.1, 0.15) is 64.1 Å². The molecule has 0 saturated carbocycles. The van der Waals surface area contributed by atoms with Crippen LogP contribution < -0.4 is 5.32 Å². The molecule has 10 heteroatoms. The number of anilines is 1. The third kappa shape index (κ3) is 5.29. The molecule has 220 valence electrons. The number of halogens is 1. The molecule has 2 N–H and O–H groups in total. The van der Waals surface area contributed by atoms with Crippen molar-refractivity contribution in [2.24, 2.45) is 0 Å². The van der Waals surface area contributed by atoms with Gasteiger partial charge in [-0.05, 0) is 88.5 Å². The molecule has 0 bridgehead atoms. The van der Waals surface area contributed by atoms with Gasteiger partial charge in [0.05, 0.1) is 21.8 Å². The number of aryl methyl sites for hydroxylation is 1. The van der Waals surface area contributed by atoms with Crippen LogP contribution in [-0.4, -0.2) is 67.2 Å². The Bertz CT molecular complexity index is 1700.